The lowest BCUT2D eigenvalue weighted by Crippen LogP contribution is -2.46. The van der Waals surface area contributed by atoms with E-state index in [-0.39, 0.29) is 10.9 Å². The van der Waals surface area contributed by atoms with Gasteiger partial charge in [0.05, 0.1) is 4.90 Å². The van der Waals surface area contributed by atoms with Gasteiger partial charge in [-0.1, -0.05) is 0 Å². The second-order valence-electron chi connectivity index (χ2n) is 4.79. The highest BCUT2D eigenvalue weighted by molar-refractivity contribution is 7.89. The van der Waals surface area contributed by atoms with Gasteiger partial charge in [0, 0.05) is 18.3 Å². The van der Waals surface area contributed by atoms with Gasteiger partial charge in [-0.25, -0.2) is 13.1 Å². The van der Waals surface area contributed by atoms with Crippen LogP contribution in [0, 0.1) is 0 Å². The summed E-state index contributed by atoms with van der Waals surface area (Å²) in [6.07, 6.45) is 1.91. The summed E-state index contributed by atoms with van der Waals surface area (Å²) in [4.78, 5) is 2.41. The lowest BCUT2D eigenvalue weighted by atomic mass is 10.1. The Labute approximate surface area is 108 Å². The van der Waals surface area contributed by atoms with E-state index in [9.17, 15) is 8.42 Å². The van der Waals surface area contributed by atoms with Gasteiger partial charge in [-0.2, -0.15) is 0 Å². The number of benzene rings is 1. The van der Waals surface area contributed by atoms with Crippen LogP contribution in [0.4, 0.5) is 5.69 Å². The predicted molar refractivity (Wildman–Crippen MR) is 71.7 cm³/mol. The molecule has 1 aliphatic heterocycles. The summed E-state index contributed by atoms with van der Waals surface area (Å²) in [6.45, 7) is 1.79. The number of likely N-dealkylation sites (tertiary alicyclic amines) is 1. The molecule has 1 aromatic carbocycles. The number of nitrogens with one attached hydrogen (secondary N) is 1. The molecule has 0 spiro atoms. The number of nitrogens with zero attached hydrogens (tertiary/aromatic N) is 1. The molecule has 0 radical (unpaired) electrons. The van der Waals surface area contributed by atoms with E-state index < -0.39 is 10.0 Å². The molecule has 18 heavy (non-hydrogen) atoms. The van der Waals surface area contributed by atoms with E-state index in [1.54, 1.807) is 12.1 Å². The number of hydrogen-bond acceptors (Lipinski definition) is 4. The van der Waals surface area contributed by atoms with Crippen molar-refractivity contribution in [2.24, 2.45) is 0 Å². The first-order valence-electron chi connectivity index (χ1n) is 6.04. The lowest BCUT2D eigenvalue weighted by Gasteiger charge is -2.29. The Morgan fingerprint density at radius 2 is 2.00 bits per heavy atom. The third kappa shape index (κ3) is 3.22. The van der Waals surface area contributed by atoms with Crippen molar-refractivity contribution in [1.82, 2.24) is 9.62 Å². The molecule has 1 fully saturated rings. The normalized spacial score (nSPS) is 21.9. The molecule has 1 aliphatic rings. The minimum absolute atomic E-state index is 0.00805. The monoisotopic (exact) mass is 269 g/mol. The summed E-state index contributed by atoms with van der Waals surface area (Å²) >= 11 is 0. The molecule has 3 N–H and O–H groups in total. The van der Waals surface area contributed by atoms with Gasteiger partial charge in [0.1, 0.15) is 0 Å². The second kappa shape index (κ2) is 5.26. The SMILES string of the molecule is CN1CCCC(NS(=O)(=O)c2ccc(N)cc2)C1. The van der Waals surface area contributed by atoms with Gasteiger partial charge in [0.25, 0.3) is 0 Å². The zero-order valence-corrected chi connectivity index (χ0v) is 11.3. The Hall–Kier alpha value is -1.11. The molecule has 0 saturated carbocycles. The van der Waals surface area contributed by atoms with E-state index in [2.05, 4.69) is 9.62 Å². The van der Waals surface area contributed by atoms with E-state index in [1.165, 1.54) is 12.1 Å². The fraction of sp³-hybridized carbons (Fsp3) is 0.500. The fourth-order valence-electron chi connectivity index (χ4n) is 2.20. The fourth-order valence-corrected chi connectivity index (χ4v) is 3.46. The highest BCUT2D eigenvalue weighted by Gasteiger charge is 2.23. The summed E-state index contributed by atoms with van der Waals surface area (Å²) in [5, 5.41) is 0. The zero-order valence-electron chi connectivity index (χ0n) is 10.5. The number of sulfonamides is 1. The molecule has 1 heterocycles. The summed E-state index contributed by atoms with van der Waals surface area (Å²) in [6, 6.07) is 6.25. The highest BCUT2D eigenvalue weighted by Crippen LogP contribution is 2.15. The smallest absolute Gasteiger partial charge is 0.240 e. The summed E-state index contributed by atoms with van der Waals surface area (Å²) in [5.41, 5.74) is 6.11. The van der Waals surface area contributed by atoms with E-state index >= 15 is 0 Å². The van der Waals surface area contributed by atoms with Crippen LogP contribution in [0.5, 0.6) is 0 Å². The minimum atomic E-state index is -3.43. The Morgan fingerprint density at radius 3 is 2.61 bits per heavy atom. The van der Waals surface area contributed by atoms with Crippen LogP contribution >= 0.6 is 0 Å². The molecule has 100 valence electrons. The number of piperidine rings is 1. The van der Waals surface area contributed by atoms with Gasteiger partial charge in [-0.15, -0.1) is 0 Å². The summed E-state index contributed by atoms with van der Waals surface area (Å²) in [5.74, 6) is 0. The molecule has 1 aromatic rings. The third-order valence-electron chi connectivity index (χ3n) is 3.14. The van der Waals surface area contributed by atoms with Crippen molar-refractivity contribution in [3.63, 3.8) is 0 Å². The predicted octanol–water partition coefficient (Wildman–Crippen LogP) is 0.641. The summed E-state index contributed by atoms with van der Waals surface area (Å²) in [7, 11) is -1.43. The van der Waals surface area contributed by atoms with Gasteiger partial charge in [0.2, 0.25) is 10.0 Å². The molecule has 1 saturated heterocycles. The van der Waals surface area contributed by atoms with E-state index in [4.69, 9.17) is 5.73 Å². The van der Waals surface area contributed by atoms with Crippen molar-refractivity contribution in [2.75, 3.05) is 25.9 Å². The van der Waals surface area contributed by atoms with Gasteiger partial charge in [0.15, 0.2) is 0 Å². The number of hydrogen-bond donors (Lipinski definition) is 2. The van der Waals surface area contributed by atoms with Crippen molar-refractivity contribution in [2.45, 2.75) is 23.8 Å². The molecular weight excluding hydrogens is 250 g/mol. The van der Waals surface area contributed by atoms with Crippen LogP contribution in [0.3, 0.4) is 0 Å². The van der Waals surface area contributed by atoms with Gasteiger partial charge >= 0.3 is 0 Å². The average molecular weight is 269 g/mol. The lowest BCUT2D eigenvalue weighted by molar-refractivity contribution is 0.242. The maximum Gasteiger partial charge on any atom is 0.240 e. The van der Waals surface area contributed by atoms with E-state index in [1.807, 2.05) is 7.05 Å². The van der Waals surface area contributed by atoms with Crippen LogP contribution in [0.1, 0.15) is 12.8 Å². The van der Waals surface area contributed by atoms with Crippen LogP contribution in [-0.4, -0.2) is 39.5 Å². The average Bonchev–Trinajstić information content (AvgIpc) is 2.29. The molecule has 2 rings (SSSR count). The Bertz CT molecular complexity index is 499. The third-order valence-corrected chi connectivity index (χ3v) is 4.67. The number of rotatable bonds is 3. The van der Waals surface area contributed by atoms with Crippen molar-refractivity contribution >= 4 is 15.7 Å². The first-order valence-corrected chi connectivity index (χ1v) is 7.52. The number of nitrogens with two attached hydrogens (primary N) is 1. The van der Waals surface area contributed by atoms with Crippen LogP contribution in [0.2, 0.25) is 0 Å². The first kappa shape index (κ1) is 13.3. The standard InChI is InChI=1S/C12H19N3O2S/c1-15-8-2-3-11(9-15)14-18(16,17)12-6-4-10(13)5-7-12/h4-7,11,14H,2-3,8-9,13H2,1H3. The Balaban J connectivity index is 2.09. The molecule has 1 atom stereocenters. The van der Waals surface area contributed by atoms with E-state index in [0.717, 1.165) is 25.9 Å². The second-order valence-corrected chi connectivity index (χ2v) is 6.51. The van der Waals surface area contributed by atoms with Gasteiger partial charge in [-0.3, -0.25) is 0 Å². The molecule has 5 nitrogen and oxygen atoms in total. The van der Waals surface area contributed by atoms with Crippen molar-refractivity contribution in [3.8, 4) is 0 Å². The Kier molecular flexibility index (Phi) is 3.89. The van der Waals surface area contributed by atoms with Crippen molar-refractivity contribution in [3.05, 3.63) is 24.3 Å². The largest absolute Gasteiger partial charge is 0.399 e. The molecule has 1 unspecified atom stereocenters. The summed E-state index contributed by atoms with van der Waals surface area (Å²) < 4.78 is 27.0. The first-order chi connectivity index (χ1) is 8.47. The van der Waals surface area contributed by atoms with Crippen LogP contribution in [0.25, 0.3) is 0 Å². The van der Waals surface area contributed by atoms with Crippen molar-refractivity contribution in [1.29, 1.82) is 0 Å². The number of anilines is 1. The highest BCUT2D eigenvalue weighted by atomic mass is 32.2. The van der Waals surface area contributed by atoms with Crippen LogP contribution < -0.4 is 10.5 Å². The quantitative estimate of drug-likeness (QED) is 0.790. The van der Waals surface area contributed by atoms with Gasteiger partial charge in [-0.05, 0) is 50.7 Å². The maximum atomic E-state index is 12.1. The molecule has 0 aromatic heterocycles. The topological polar surface area (TPSA) is 75.4 Å². The molecule has 0 amide bonds. The zero-order chi connectivity index (χ0) is 13.2. The minimum Gasteiger partial charge on any atom is -0.399 e. The molecule has 6 heteroatoms. The molecular formula is C12H19N3O2S. The van der Waals surface area contributed by atoms with Gasteiger partial charge < -0.3 is 10.6 Å². The molecule has 0 bridgehead atoms. The maximum absolute atomic E-state index is 12.1. The number of nitrogen functional groups attached to an aromatic ring is 1. The van der Waals surface area contributed by atoms with Crippen molar-refractivity contribution < 1.29 is 8.42 Å². The number of likely N-dealkylation sites (N-methyl/N-ethyl adjacent to an activating group) is 1. The molecule has 0 aliphatic carbocycles. The van der Waals surface area contributed by atoms with Crippen LogP contribution in [0.15, 0.2) is 29.2 Å². The Morgan fingerprint density at radius 1 is 1.33 bits per heavy atom. The van der Waals surface area contributed by atoms with E-state index in [0.29, 0.717) is 5.69 Å². The van der Waals surface area contributed by atoms with Crippen LogP contribution in [-0.2, 0) is 10.0 Å².